The van der Waals surface area contributed by atoms with E-state index < -0.39 is 5.41 Å². The Morgan fingerprint density at radius 1 is 1.53 bits per heavy atom. The van der Waals surface area contributed by atoms with E-state index in [0.29, 0.717) is 25.3 Å². The second kappa shape index (κ2) is 5.31. The van der Waals surface area contributed by atoms with E-state index in [2.05, 4.69) is 6.07 Å². The number of ether oxygens (including phenoxy) is 1. The monoisotopic (exact) mass is 258 g/mol. The third-order valence-electron chi connectivity index (χ3n) is 3.61. The lowest BCUT2D eigenvalue weighted by atomic mass is 9.87. The summed E-state index contributed by atoms with van der Waals surface area (Å²) in [4.78, 5) is 14.3. The summed E-state index contributed by atoms with van der Waals surface area (Å²) in [6.07, 6.45) is 1.27. The third kappa shape index (κ3) is 2.41. The van der Waals surface area contributed by atoms with E-state index in [1.165, 1.54) is 0 Å². The summed E-state index contributed by atoms with van der Waals surface area (Å²) in [5, 5.41) is 9.28. The smallest absolute Gasteiger partial charge is 0.247 e. The van der Waals surface area contributed by atoms with Gasteiger partial charge in [0.05, 0.1) is 18.4 Å². The summed E-state index contributed by atoms with van der Waals surface area (Å²) >= 11 is 0. The molecule has 1 aromatic carbocycles. The lowest BCUT2D eigenvalue weighted by Crippen LogP contribution is -2.42. The average molecular weight is 258 g/mol. The Bertz CT molecular complexity index is 521. The zero-order chi connectivity index (χ0) is 13.9. The Morgan fingerprint density at radius 3 is 2.95 bits per heavy atom. The first-order valence-electron chi connectivity index (χ1n) is 6.57. The molecule has 1 amide bonds. The van der Waals surface area contributed by atoms with Crippen molar-refractivity contribution in [2.75, 3.05) is 18.1 Å². The molecule has 0 spiro atoms. The molecule has 4 nitrogen and oxygen atoms in total. The van der Waals surface area contributed by atoms with Crippen LogP contribution in [0.2, 0.25) is 0 Å². The van der Waals surface area contributed by atoms with Crippen LogP contribution in [-0.4, -0.2) is 19.1 Å². The van der Waals surface area contributed by atoms with Gasteiger partial charge in [0.15, 0.2) is 0 Å². The second-order valence-corrected chi connectivity index (χ2v) is 4.92. The normalized spacial score (nSPS) is 17.4. The van der Waals surface area contributed by atoms with E-state index in [4.69, 9.17) is 4.74 Å². The van der Waals surface area contributed by atoms with Crippen molar-refractivity contribution in [3.05, 3.63) is 24.3 Å². The van der Waals surface area contributed by atoms with Crippen molar-refractivity contribution in [2.24, 2.45) is 5.41 Å². The topological polar surface area (TPSA) is 53.3 Å². The molecule has 1 unspecified atom stereocenters. The van der Waals surface area contributed by atoms with Crippen LogP contribution in [0.1, 0.15) is 26.7 Å². The van der Waals surface area contributed by atoms with Crippen LogP contribution in [-0.2, 0) is 4.79 Å². The van der Waals surface area contributed by atoms with Crippen LogP contribution in [0.15, 0.2) is 24.3 Å². The number of carbonyl (C=O) groups is 1. The quantitative estimate of drug-likeness (QED) is 0.819. The van der Waals surface area contributed by atoms with E-state index >= 15 is 0 Å². The van der Waals surface area contributed by atoms with Gasteiger partial charge in [-0.3, -0.25) is 4.79 Å². The fourth-order valence-electron chi connectivity index (χ4n) is 2.11. The molecular weight excluding hydrogens is 240 g/mol. The predicted molar refractivity (Wildman–Crippen MR) is 72.9 cm³/mol. The van der Waals surface area contributed by atoms with Crippen molar-refractivity contribution in [2.45, 2.75) is 26.7 Å². The number of fused-ring (bicyclic) bond motifs is 1. The largest absolute Gasteiger partial charge is 0.491 e. The number of hydrogen-bond acceptors (Lipinski definition) is 3. The minimum atomic E-state index is -0.975. The minimum absolute atomic E-state index is 0.143. The fourth-order valence-corrected chi connectivity index (χ4v) is 2.11. The number of amides is 1. The molecule has 0 aliphatic carbocycles. The van der Waals surface area contributed by atoms with Crippen LogP contribution < -0.4 is 9.64 Å². The van der Waals surface area contributed by atoms with E-state index in [1.54, 1.807) is 11.8 Å². The molecule has 100 valence electrons. The Morgan fingerprint density at radius 2 is 2.26 bits per heavy atom. The van der Waals surface area contributed by atoms with E-state index in [0.717, 1.165) is 12.1 Å². The molecule has 0 fully saturated rings. The number of nitriles is 1. The van der Waals surface area contributed by atoms with E-state index in [-0.39, 0.29) is 5.91 Å². The number of carbonyl (C=O) groups excluding carboxylic acids is 1. The molecule has 0 saturated heterocycles. The molecule has 0 bridgehead atoms. The first-order chi connectivity index (χ1) is 9.12. The molecule has 0 radical (unpaired) electrons. The van der Waals surface area contributed by atoms with E-state index in [9.17, 15) is 10.1 Å². The molecule has 2 rings (SSSR count). The number of nitrogens with zero attached hydrogens (tertiary/aromatic N) is 2. The van der Waals surface area contributed by atoms with Gasteiger partial charge in [-0.05, 0) is 31.9 Å². The number of benzene rings is 1. The highest BCUT2D eigenvalue weighted by atomic mass is 16.5. The standard InChI is InChI=1S/C15H18N2O2/c1-3-15(2,11-16)14(18)17-9-6-10-19-13-8-5-4-7-12(13)17/h4-5,7-8H,3,6,9-10H2,1-2H3. The van der Waals surface area contributed by atoms with Crippen molar-refractivity contribution in [3.63, 3.8) is 0 Å². The molecule has 1 atom stereocenters. The Hall–Kier alpha value is -2.02. The lowest BCUT2D eigenvalue weighted by Gasteiger charge is -2.28. The van der Waals surface area contributed by atoms with Crippen molar-refractivity contribution < 1.29 is 9.53 Å². The number of anilines is 1. The molecule has 19 heavy (non-hydrogen) atoms. The van der Waals surface area contributed by atoms with Crippen LogP contribution in [0.5, 0.6) is 5.75 Å². The maximum Gasteiger partial charge on any atom is 0.247 e. The molecule has 0 aromatic heterocycles. The van der Waals surface area contributed by atoms with Gasteiger partial charge in [0.2, 0.25) is 5.91 Å². The third-order valence-corrected chi connectivity index (χ3v) is 3.61. The summed E-state index contributed by atoms with van der Waals surface area (Å²) in [5.41, 5.74) is -0.211. The maximum absolute atomic E-state index is 12.6. The molecule has 0 saturated carbocycles. The predicted octanol–water partition coefficient (Wildman–Crippen LogP) is 2.74. The molecule has 1 heterocycles. The summed E-state index contributed by atoms with van der Waals surface area (Å²) in [5.74, 6) is 0.570. The van der Waals surface area contributed by atoms with Gasteiger partial charge in [-0.25, -0.2) is 0 Å². The Balaban J connectivity index is 2.40. The molecule has 1 aliphatic heterocycles. The number of hydrogen-bond donors (Lipinski definition) is 0. The fraction of sp³-hybridized carbons (Fsp3) is 0.467. The van der Waals surface area contributed by atoms with Crippen LogP contribution >= 0.6 is 0 Å². The van der Waals surface area contributed by atoms with Crippen LogP contribution in [0, 0.1) is 16.7 Å². The summed E-state index contributed by atoms with van der Waals surface area (Å²) in [6, 6.07) is 9.63. The first kappa shape index (κ1) is 13.4. The number of para-hydroxylation sites is 2. The van der Waals surface area contributed by atoms with E-state index in [1.807, 2.05) is 31.2 Å². The Labute approximate surface area is 113 Å². The molecule has 1 aliphatic rings. The zero-order valence-corrected chi connectivity index (χ0v) is 11.3. The maximum atomic E-state index is 12.6. The van der Waals surface area contributed by atoms with Crippen LogP contribution in [0.3, 0.4) is 0 Å². The van der Waals surface area contributed by atoms with Crippen molar-refractivity contribution in [1.82, 2.24) is 0 Å². The van der Waals surface area contributed by atoms with Gasteiger partial charge in [0, 0.05) is 6.54 Å². The van der Waals surface area contributed by atoms with Crippen LogP contribution in [0.25, 0.3) is 0 Å². The highest BCUT2D eigenvalue weighted by molar-refractivity contribution is 6.00. The van der Waals surface area contributed by atoms with Crippen molar-refractivity contribution >= 4 is 11.6 Å². The number of rotatable bonds is 2. The molecular formula is C15H18N2O2. The summed E-state index contributed by atoms with van der Waals surface area (Å²) < 4.78 is 5.63. The van der Waals surface area contributed by atoms with Gasteiger partial charge in [0.25, 0.3) is 0 Å². The van der Waals surface area contributed by atoms with Gasteiger partial charge in [-0.15, -0.1) is 0 Å². The molecule has 0 N–H and O–H groups in total. The highest BCUT2D eigenvalue weighted by Gasteiger charge is 2.37. The van der Waals surface area contributed by atoms with Gasteiger partial charge in [0.1, 0.15) is 11.2 Å². The summed E-state index contributed by atoms with van der Waals surface area (Å²) in [6.45, 7) is 4.74. The first-order valence-corrected chi connectivity index (χ1v) is 6.57. The Kier molecular flexibility index (Phi) is 3.75. The zero-order valence-electron chi connectivity index (χ0n) is 11.3. The second-order valence-electron chi connectivity index (χ2n) is 4.92. The lowest BCUT2D eigenvalue weighted by molar-refractivity contribution is -0.124. The van der Waals surface area contributed by atoms with Gasteiger partial charge < -0.3 is 9.64 Å². The average Bonchev–Trinajstić information content (AvgIpc) is 2.68. The summed E-state index contributed by atoms with van der Waals surface area (Å²) in [7, 11) is 0. The van der Waals surface area contributed by atoms with Crippen molar-refractivity contribution in [1.29, 1.82) is 5.26 Å². The van der Waals surface area contributed by atoms with Gasteiger partial charge in [-0.1, -0.05) is 19.1 Å². The van der Waals surface area contributed by atoms with Crippen molar-refractivity contribution in [3.8, 4) is 11.8 Å². The minimum Gasteiger partial charge on any atom is -0.491 e. The van der Waals surface area contributed by atoms with Crippen LogP contribution in [0.4, 0.5) is 5.69 Å². The molecule has 1 aromatic rings. The van der Waals surface area contributed by atoms with Gasteiger partial charge in [-0.2, -0.15) is 5.26 Å². The SMILES string of the molecule is CCC(C)(C#N)C(=O)N1CCCOc2ccccc21. The van der Waals surface area contributed by atoms with Gasteiger partial charge >= 0.3 is 0 Å². The molecule has 4 heteroatoms. The highest BCUT2D eigenvalue weighted by Crippen LogP contribution is 2.34.